The monoisotopic (exact) mass is 339 g/mol. The second-order valence-electron chi connectivity index (χ2n) is 5.90. The molecule has 1 atom stereocenters. The summed E-state index contributed by atoms with van der Waals surface area (Å²) in [6.45, 7) is 1.79. The molecule has 0 aliphatic carbocycles. The third kappa shape index (κ3) is 3.59. The molecule has 24 heavy (non-hydrogen) atoms. The average molecular weight is 339 g/mol. The molecule has 0 bridgehead atoms. The number of carboxylic acids is 1. The summed E-state index contributed by atoms with van der Waals surface area (Å²) < 4.78 is 39.2. The standard InChI is InChI=1S/C16H16F3N3O2/c17-16(18,19)13-1-3-14(4-2-13)22-9-11(7-20-22)8-21-6-5-12(10-21)15(23)24/h1-4,7,9,12H,5-6,8,10H2,(H,23,24). The lowest BCUT2D eigenvalue weighted by Gasteiger charge is -2.13. The number of aromatic nitrogens is 2. The minimum Gasteiger partial charge on any atom is -0.481 e. The summed E-state index contributed by atoms with van der Waals surface area (Å²) in [5.74, 6) is -1.12. The third-order valence-corrected chi connectivity index (χ3v) is 4.12. The molecule has 8 heteroatoms. The van der Waals surface area contributed by atoms with Gasteiger partial charge in [0.1, 0.15) is 0 Å². The number of benzene rings is 1. The van der Waals surface area contributed by atoms with Crippen molar-refractivity contribution >= 4 is 5.97 Å². The Kier molecular flexibility index (Phi) is 4.31. The molecule has 0 saturated carbocycles. The van der Waals surface area contributed by atoms with Crippen molar-refractivity contribution in [3.05, 3.63) is 47.8 Å². The topological polar surface area (TPSA) is 58.4 Å². The first kappa shape index (κ1) is 16.5. The van der Waals surface area contributed by atoms with Gasteiger partial charge in [-0.3, -0.25) is 9.69 Å². The van der Waals surface area contributed by atoms with Gasteiger partial charge in [-0.2, -0.15) is 18.3 Å². The van der Waals surface area contributed by atoms with Crippen molar-refractivity contribution in [2.45, 2.75) is 19.1 Å². The van der Waals surface area contributed by atoms with Gasteiger partial charge in [0.2, 0.25) is 0 Å². The molecule has 1 aromatic carbocycles. The summed E-state index contributed by atoms with van der Waals surface area (Å²) in [4.78, 5) is 13.0. The average Bonchev–Trinajstić information content (AvgIpc) is 3.16. The Bertz CT molecular complexity index is 725. The molecule has 128 valence electrons. The van der Waals surface area contributed by atoms with Crippen molar-refractivity contribution in [3.8, 4) is 5.69 Å². The van der Waals surface area contributed by atoms with Crippen molar-refractivity contribution in [2.75, 3.05) is 13.1 Å². The number of carbonyl (C=O) groups is 1. The maximum atomic E-state index is 12.6. The van der Waals surface area contributed by atoms with E-state index >= 15 is 0 Å². The first-order chi connectivity index (χ1) is 11.3. The SMILES string of the molecule is O=C(O)C1CCN(Cc2cnn(-c3ccc(C(F)(F)F)cc3)c2)C1. The molecule has 2 aromatic rings. The summed E-state index contributed by atoms with van der Waals surface area (Å²) in [5, 5.41) is 13.2. The lowest BCUT2D eigenvalue weighted by molar-refractivity contribution is -0.141. The fourth-order valence-electron chi connectivity index (χ4n) is 2.82. The van der Waals surface area contributed by atoms with Gasteiger partial charge in [-0.25, -0.2) is 4.68 Å². The Balaban J connectivity index is 1.66. The van der Waals surface area contributed by atoms with E-state index in [1.807, 2.05) is 4.90 Å². The van der Waals surface area contributed by atoms with Crippen LogP contribution >= 0.6 is 0 Å². The van der Waals surface area contributed by atoms with Crippen molar-refractivity contribution in [3.63, 3.8) is 0 Å². The fourth-order valence-corrected chi connectivity index (χ4v) is 2.82. The molecular formula is C16H16F3N3O2. The van der Waals surface area contributed by atoms with Crippen LogP contribution < -0.4 is 0 Å². The number of likely N-dealkylation sites (tertiary alicyclic amines) is 1. The molecule has 5 nitrogen and oxygen atoms in total. The Morgan fingerprint density at radius 1 is 1.29 bits per heavy atom. The molecule has 0 amide bonds. The van der Waals surface area contributed by atoms with E-state index in [1.54, 1.807) is 12.4 Å². The molecule has 0 radical (unpaired) electrons. The minimum atomic E-state index is -4.36. The maximum absolute atomic E-state index is 12.6. The van der Waals surface area contributed by atoms with Crippen LogP contribution in [0.15, 0.2) is 36.7 Å². The summed E-state index contributed by atoms with van der Waals surface area (Å²) in [5.41, 5.74) is 0.732. The number of nitrogens with zero attached hydrogens (tertiary/aromatic N) is 3. The normalized spacial score (nSPS) is 18.9. The fraction of sp³-hybridized carbons (Fsp3) is 0.375. The van der Waals surface area contributed by atoms with Crippen molar-refractivity contribution < 1.29 is 23.1 Å². The lowest BCUT2D eigenvalue weighted by Crippen LogP contribution is -2.22. The van der Waals surface area contributed by atoms with E-state index in [2.05, 4.69) is 5.10 Å². The molecule has 0 spiro atoms. The van der Waals surface area contributed by atoms with E-state index in [0.717, 1.165) is 17.7 Å². The molecule has 1 aromatic heterocycles. The van der Waals surface area contributed by atoms with Gasteiger partial charge in [0.05, 0.1) is 23.4 Å². The van der Waals surface area contributed by atoms with Crippen LogP contribution in [0.4, 0.5) is 13.2 Å². The summed E-state index contributed by atoms with van der Waals surface area (Å²) in [6, 6.07) is 4.79. The maximum Gasteiger partial charge on any atom is 0.416 e. The highest BCUT2D eigenvalue weighted by molar-refractivity contribution is 5.70. The highest BCUT2D eigenvalue weighted by Gasteiger charge is 2.30. The number of hydrogen-bond acceptors (Lipinski definition) is 3. The van der Waals surface area contributed by atoms with Gasteiger partial charge in [-0.1, -0.05) is 0 Å². The molecular weight excluding hydrogens is 323 g/mol. The molecule has 1 fully saturated rings. The quantitative estimate of drug-likeness (QED) is 0.931. The summed E-state index contributed by atoms with van der Waals surface area (Å²) in [7, 11) is 0. The first-order valence-electron chi connectivity index (χ1n) is 7.49. The van der Waals surface area contributed by atoms with Crippen LogP contribution in [0.1, 0.15) is 17.5 Å². The van der Waals surface area contributed by atoms with Gasteiger partial charge in [-0.15, -0.1) is 0 Å². The van der Waals surface area contributed by atoms with Gasteiger partial charge in [0.15, 0.2) is 0 Å². The first-order valence-corrected chi connectivity index (χ1v) is 7.49. The van der Waals surface area contributed by atoms with Crippen molar-refractivity contribution in [1.29, 1.82) is 0 Å². The van der Waals surface area contributed by atoms with Gasteiger partial charge in [0.25, 0.3) is 0 Å². The molecule has 1 aliphatic rings. The zero-order valence-electron chi connectivity index (χ0n) is 12.7. The van der Waals surface area contributed by atoms with Gasteiger partial charge >= 0.3 is 12.1 Å². The molecule has 1 aliphatic heterocycles. The van der Waals surface area contributed by atoms with Crippen LogP contribution in [-0.2, 0) is 17.5 Å². The smallest absolute Gasteiger partial charge is 0.416 e. The molecule has 2 heterocycles. The van der Waals surface area contributed by atoms with Crippen LogP contribution in [0.25, 0.3) is 5.69 Å². The van der Waals surface area contributed by atoms with Crippen LogP contribution in [-0.4, -0.2) is 38.8 Å². The van der Waals surface area contributed by atoms with Crippen molar-refractivity contribution in [2.24, 2.45) is 5.92 Å². The van der Waals surface area contributed by atoms with E-state index in [0.29, 0.717) is 31.7 Å². The van der Waals surface area contributed by atoms with Crippen LogP contribution in [0.5, 0.6) is 0 Å². The predicted molar refractivity (Wildman–Crippen MR) is 79.6 cm³/mol. The molecule has 1 unspecified atom stereocenters. The second kappa shape index (κ2) is 6.27. The van der Waals surface area contributed by atoms with E-state index in [9.17, 15) is 18.0 Å². The van der Waals surface area contributed by atoms with E-state index in [4.69, 9.17) is 5.11 Å². The zero-order valence-corrected chi connectivity index (χ0v) is 12.7. The minimum absolute atomic E-state index is 0.338. The van der Waals surface area contributed by atoms with E-state index in [1.165, 1.54) is 16.8 Å². The van der Waals surface area contributed by atoms with E-state index in [-0.39, 0.29) is 5.92 Å². The Labute approximate surface area is 136 Å². The number of hydrogen-bond donors (Lipinski definition) is 1. The Morgan fingerprint density at radius 3 is 2.58 bits per heavy atom. The zero-order chi connectivity index (χ0) is 17.3. The summed E-state index contributed by atoms with van der Waals surface area (Å²) >= 11 is 0. The largest absolute Gasteiger partial charge is 0.481 e. The third-order valence-electron chi connectivity index (χ3n) is 4.12. The van der Waals surface area contributed by atoms with Gasteiger partial charge < -0.3 is 5.11 Å². The number of carboxylic acid groups (broad SMARTS) is 1. The highest BCUT2D eigenvalue weighted by Crippen LogP contribution is 2.29. The lowest BCUT2D eigenvalue weighted by atomic mass is 10.1. The van der Waals surface area contributed by atoms with Crippen LogP contribution in [0.2, 0.25) is 0 Å². The predicted octanol–water partition coefficient (Wildman–Crippen LogP) is 2.80. The van der Waals surface area contributed by atoms with Crippen LogP contribution in [0, 0.1) is 5.92 Å². The molecule has 1 saturated heterocycles. The van der Waals surface area contributed by atoms with E-state index < -0.39 is 17.7 Å². The second-order valence-corrected chi connectivity index (χ2v) is 5.90. The number of rotatable bonds is 4. The van der Waals surface area contributed by atoms with Crippen LogP contribution in [0.3, 0.4) is 0 Å². The highest BCUT2D eigenvalue weighted by atomic mass is 19.4. The number of aliphatic carboxylic acids is 1. The van der Waals surface area contributed by atoms with Crippen molar-refractivity contribution in [1.82, 2.24) is 14.7 Å². The van der Waals surface area contributed by atoms with Gasteiger partial charge in [-0.05, 0) is 37.2 Å². The Hall–Kier alpha value is -2.35. The summed E-state index contributed by atoms with van der Waals surface area (Å²) in [6.07, 6.45) is -0.338. The number of halogens is 3. The molecule has 1 N–H and O–H groups in total. The number of alkyl halides is 3. The molecule has 3 rings (SSSR count). The van der Waals surface area contributed by atoms with Gasteiger partial charge in [0, 0.05) is 24.8 Å². The Morgan fingerprint density at radius 2 is 2.00 bits per heavy atom.